The van der Waals surface area contributed by atoms with Crippen LogP contribution in [0, 0.1) is 6.92 Å². The van der Waals surface area contributed by atoms with Crippen LogP contribution in [0.25, 0.3) is 5.76 Å². The van der Waals surface area contributed by atoms with Crippen LogP contribution in [-0.4, -0.2) is 44.1 Å². The van der Waals surface area contributed by atoms with E-state index in [-0.39, 0.29) is 39.1 Å². The molecule has 1 amide bonds. The molecule has 1 fully saturated rings. The largest absolute Gasteiger partial charge is 0.507 e. The summed E-state index contributed by atoms with van der Waals surface area (Å²) in [6.45, 7) is 1.88. The van der Waals surface area contributed by atoms with Gasteiger partial charge in [-0.1, -0.05) is 65.2 Å². The molecule has 4 rings (SSSR count). The van der Waals surface area contributed by atoms with Gasteiger partial charge in [0.25, 0.3) is 11.7 Å². The number of anilines is 1. The molecule has 0 aromatic heterocycles. The Hall–Kier alpha value is -4.01. The summed E-state index contributed by atoms with van der Waals surface area (Å²) in [6.07, 6.45) is 0.0513. The van der Waals surface area contributed by atoms with Crippen LogP contribution in [0.5, 0.6) is 11.5 Å². The molecule has 202 valence electrons. The molecule has 0 bridgehead atoms. The number of halogens is 2. The molecule has 1 atom stereocenters. The van der Waals surface area contributed by atoms with Crippen LogP contribution in [0.15, 0.2) is 60.2 Å². The van der Waals surface area contributed by atoms with Crippen molar-refractivity contribution in [3.8, 4) is 11.5 Å². The Kier molecular flexibility index (Phi) is 8.18. The Bertz CT molecular complexity index is 1500. The summed E-state index contributed by atoms with van der Waals surface area (Å²) in [7, 11) is 4.03. The van der Waals surface area contributed by atoms with Gasteiger partial charge in [0, 0.05) is 5.69 Å². The van der Waals surface area contributed by atoms with E-state index in [1.807, 2.05) is 19.1 Å². The Morgan fingerprint density at radius 1 is 0.974 bits per heavy atom. The number of carbonyl (C=O) groups excluding carboxylic acids is 3. The number of ketones is 1. The van der Waals surface area contributed by atoms with Crippen LogP contribution in [0.3, 0.4) is 0 Å². The maximum absolute atomic E-state index is 13.5. The number of rotatable bonds is 7. The molecule has 1 N–H and O–H groups in total. The van der Waals surface area contributed by atoms with Crippen molar-refractivity contribution in [2.24, 2.45) is 0 Å². The van der Waals surface area contributed by atoms with Crippen LogP contribution in [0.2, 0.25) is 10.0 Å². The number of esters is 1. The van der Waals surface area contributed by atoms with E-state index in [4.69, 9.17) is 37.4 Å². The summed E-state index contributed by atoms with van der Waals surface area (Å²) < 4.78 is 15.4. The van der Waals surface area contributed by atoms with Crippen molar-refractivity contribution in [2.75, 3.05) is 26.2 Å². The third-order valence-electron chi connectivity index (χ3n) is 6.39. The fraction of sp³-hybridized carbons (Fsp3) is 0.207. The predicted octanol–water partition coefficient (Wildman–Crippen LogP) is 5.66. The summed E-state index contributed by atoms with van der Waals surface area (Å²) in [5.74, 6) is -2.50. The van der Waals surface area contributed by atoms with Crippen molar-refractivity contribution in [3.05, 3.63) is 92.5 Å². The second kappa shape index (κ2) is 11.4. The highest BCUT2D eigenvalue weighted by molar-refractivity contribution is 6.52. The second-order valence-electron chi connectivity index (χ2n) is 8.79. The number of carbonyl (C=O) groups is 3. The van der Waals surface area contributed by atoms with E-state index in [1.54, 1.807) is 36.4 Å². The molecule has 10 heteroatoms. The lowest BCUT2D eigenvalue weighted by Gasteiger charge is -2.26. The molecule has 0 saturated carbocycles. The number of aliphatic hydroxyl groups excluding tert-OH is 1. The molecule has 3 aromatic rings. The molecule has 1 aliphatic rings. The monoisotopic (exact) mass is 569 g/mol. The Morgan fingerprint density at radius 3 is 2.23 bits per heavy atom. The lowest BCUT2D eigenvalue weighted by atomic mass is 9.94. The van der Waals surface area contributed by atoms with Crippen molar-refractivity contribution in [1.82, 2.24) is 0 Å². The van der Waals surface area contributed by atoms with Crippen molar-refractivity contribution in [2.45, 2.75) is 19.4 Å². The van der Waals surface area contributed by atoms with Gasteiger partial charge in [0.1, 0.15) is 10.8 Å². The normalized spacial score (nSPS) is 16.4. The highest BCUT2D eigenvalue weighted by Gasteiger charge is 2.47. The SMILES string of the molecule is COC(=O)Cc1ccc(N2C(=O)C(=O)/C(=C(/O)c3cc(Cl)c(OC)c(Cl)c3OC)C2c2cccc(C)c2)cc1. The van der Waals surface area contributed by atoms with Crippen molar-refractivity contribution >= 4 is 52.3 Å². The summed E-state index contributed by atoms with van der Waals surface area (Å²) in [5, 5.41) is 11.6. The molecule has 1 aliphatic heterocycles. The van der Waals surface area contributed by atoms with E-state index in [9.17, 15) is 19.5 Å². The zero-order valence-corrected chi connectivity index (χ0v) is 23.1. The van der Waals surface area contributed by atoms with Crippen molar-refractivity contribution in [3.63, 3.8) is 0 Å². The standard InChI is InChI=1S/C29H25Cl2NO7/c1-15-6-5-7-17(12-15)24-22(25(34)19-14-20(30)28(39-4)23(31)27(19)38-3)26(35)29(36)32(24)18-10-8-16(9-11-18)13-21(33)37-2/h5-12,14,24,34H,13H2,1-4H3/b25-22+. The molecule has 1 heterocycles. The van der Waals surface area contributed by atoms with E-state index in [1.165, 1.54) is 32.3 Å². The fourth-order valence-corrected chi connectivity index (χ4v) is 5.25. The van der Waals surface area contributed by atoms with Crippen LogP contribution in [0.4, 0.5) is 5.69 Å². The van der Waals surface area contributed by atoms with Crippen molar-refractivity contribution < 1.29 is 33.7 Å². The third kappa shape index (κ3) is 5.17. The number of aliphatic hydroxyl groups is 1. The first kappa shape index (κ1) is 28.0. The first-order valence-electron chi connectivity index (χ1n) is 11.8. The molecule has 0 spiro atoms. The predicted molar refractivity (Wildman–Crippen MR) is 148 cm³/mol. The molecule has 1 saturated heterocycles. The number of nitrogens with zero attached hydrogens (tertiary/aromatic N) is 1. The molecule has 8 nitrogen and oxygen atoms in total. The number of hydrogen-bond donors (Lipinski definition) is 1. The molecular weight excluding hydrogens is 545 g/mol. The first-order valence-corrected chi connectivity index (χ1v) is 12.5. The smallest absolute Gasteiger partial charge is 0.309 e. The van der Waals surface area contributed by atoms with Gasteiger partial charge in [0.05, 0.1) is 50.0 Å². The van der Waals surface area contributed by atoms with E-state index in [0.29, 0.717) is 16.8 Å². The summed E-state index contributed by atoms with van der Waals surface area (Å²) in [4.78, 5) is 40.0. The minimum atomic E-state index is -0.985. The van der Waals surface area contributed by atoms with Gasteiger partial charge in [0.15, 0.2) is 11.5 Å². The zero-order valence-electron chi connectivity index (χ0n) is 21.6. The lowest BCUT2D eigenvalue weighted by Crippen LogP contribution is -2.29. The topological polar surface area (TPSA) is 102 Å². The van der Waals surface area contributed by atoms with Gasteiger partial charge >= 0.3 is 5.97 Å². The highest BCUT2D eigenvalue weighted by atomic mass is 35.5. The molecular formula is C29H25Cl2NO7. The fourth-order valence-electron chi connectivity index (χ4n) is 4.56. The van der Waals surface area contributed by atoms with E-state index < -0.39 is 29.5 Å². The van der Waals surface area contributed by atoms with Gasteiger partial charge in [-0.05, 0) is 36.2 Å². The van der Waals surface area contributed by atoms with Gasteiger partial charge in [-0.3, -0.25) is 19.3 Å². The summed E-state index contributed by atoms with van der Waals surface area (Å²) in [5.41, 5.74) is 2.41. The Morgan fingerprint density at radius 2 is 1.64 bits per heavy atom. The summed E-state index contributed by atoms with van der Waals surface area (Å²) >= 11 is 12.8. The first-order chi connectivity index (χ1) is 18.6. The summed E-state index contributed by atoms with van der Waals surface area (Å²) in [6, 6.07) is 14.3. The minimum Gasteiger partial charge on any atom is -0.507 e. The molecule has 0 aliphatic carbocycles. The van der Waals surface area contributed by atoms with Gasteiger partial charge in [-0.15, -0.1) is 0 Å². The van der Waals surface area contributed by atoms with E-state index >= 15 is 0 Å². The Labute approximate surface area is 235 Å². The number of Topliss-reactive ketones (excluding diaryl/α,β-unsaturated/α-hetero) is 1. The maximum atomic E-state index is 13.5. The Balaban J connectivity index is 1.94. The maximum Gasteiger partial charge on any atom is 0.309 e. The number of hydrogen-bond acceptors (Lipinski definition) is 7. The quantitative estimate of drug-likeness (QED) is 0.169. The average molecular weight is 570 g/mol. The highest BCUT2D eigenvalue weighted by Crippen LogP contribution is 2.48. The minimum absolute atomic E-state index is 0.00317. The second-order valence-corrected chi connectivity index (χ2v) is 9.57. The van der Waals surface area contributed by atoms with Crippen LogP contribution in [0.1, 0.15) is 28.3 Å². The molecule has 3 aromatic carbocycles. The third-order valence-corrected chi connectivity index (χ3v) is 7.01. The molecule has 0 radical (unpaired) electrons. The van der Waals surface area contributed by atoms with Gasteiger partial charge < -0.3 is 19.3 Å². The van der Waals surface area contributed by atoms with Gasteiger partial charge in [-0.25, -0.2) is 0 Å². The number of amides is 1. The average Bonchev–Trinajstić information content (AvgIpc) is 3.18. The molecule has 39 heavy (non-hydrogen) atoms. The van der Waals surface area contributed by atoms with E-state index in [0.717, 1.165) is 5.56 Å². The van der Waals surface area contributed by atoms with E-state index in [2.05, 4.69) is 0 Å². The van der Waals surface area contributed by atoms with Crippen LogP contribution >= 0.6 is 23.2 Å². The van der Waals surface area contributed by atoms with Crippen LogP contribution in [-0.2, 0) is 25.5 Å². The number of benzene rings is 3. The van der Waals surface area contributed by atoms with Gasteiger partial charge in [0.2, 0.25) is 0 Å². The lowest BCUT2D eigenvalue weighted by molar-refractivity contribution is -0.139. The molecule has 1 unspecified atom stereocenters. The van der Waals surface area contributed by atoms with Crippen LogP contribution < -0.4 is 14.4 Å². The number of methoxy groups -OCH3 is 3. The number of aryl methyl sites for hydroxylation is 1. The number of ether oxygens (including phenoxy) is 3. The van der Waals surface area contributed by atoms with Crippen molar-refractivity contribution in [1.29, 1.82) is 0 Å². The van der Waals surface area contributed by atoms with Gasteiger partial charge in [-0.2, -0.15) is 0 Å². The zero-order chi connectivity index (χ0) is 28.4.